The number of benzene rings is 1. The number of carbonyl (C=O) groups is 4. The maximum absolute atomic E-state index is 12.0. The Bertz CT molecular complexity index is 628. The van der Waals surface area contributed by atoms with Gasteiger partial charge in [-0.2, -0.15) is 0 Å². The summed E-state index contributed by atoms with van der Waals surface area (Å²) in [5.74, 6) is -1.82. The van der Waals surface area contributed by atoms with E-state index in [4.69, 9.17) is 4.74 Å². The summed E-state index contributed by atoms with van der Waals surface area (Å²) in [5.41, 5.74) is 0.787. The van der Waals surface area contributed by atoms with Gasteiger partial charge in [0.15, 0.2) is 5.12 Å². The number of hydrogen-bond donors (Lipinski definition) is 1. The van der Waals surface area contributed by atoms with Crippen molar-refractivity contribution in [3.05, 3.63) is 35.9 Å². The van der Waals surface area contributed by atoms with Crippen molar-refractivity contribution in [3.63, 3.8) is 0 Å². The molecule has 0 atom stereocenters. The van der Waals surface area contributed by atoms with Crippen molar-refractivity contribution >= 4 is 34.5 Å². The molecular formula is C18H23NO5S. The first kappa shape index (κ1) is 20.9. The monoisotopic (exact) mass is 365 g/mol. The summed E-state index contributed by atoms with van der Waals surface area (Å²) >= 11 is 1.05. The van der Waals surface area contributed by atoms with Crippen molar-refractivity contribution in [1.82, 2.24) is 5.32 Å². The number of amides is 1. The molecule has 0 aliphatic rings. The third kappa shape index (κ3) is 9.05. The zero-order valence-corrected chi connectivity index (χ0v) is 15.5. The van der Waals surface area contributed by atoms with Gasteiger partial charge in [0.2, 0.25) is 11.7 Å². The second-order valence-corrected chi connectivity index (χ2v) is 7.89. The van der Waals surface area contributed by atoms with Gasteiger partial charge < -0.3 is 10.1 Å². The second-order valence-electron chi connectivity index (χ2n) is 6.13. The third-order valence-electron chi connectivity index (χ3n) is 3.15. The molecule has 136 valence electrons. The molecule has 1 aromatic rings. The van der Waals surface area contributed by atoms with Gasteiger partial charge in [-0.3, -0.25) is 14.4 Å². The van der Waals surface area contributed by atoms with Crippen molar-refractivity contribution in [2.45, 2.75) is 45.0 Å². The van der Waals surface area contributed by atoms with E-state index in [1.165, 1.54) is 6.92 Å². The molecule has 0 aliphatic heterocycles. The van der Waals surface area contributed by atoms with Gasteiger partial charge in [-0.15, -0.1) is 0 Å². The highest BCUT2D eigenvalue weighted by Crippen LogP contribution is 2.26. The van der Waals surface area contributed by atoms with E-state index in [2.05, 4.69) is 5.32 Å². The summed E-state index contributed by atoms with van der Waals surface area (Å²) in [5, 5.41) is 2.44. The number of Topliss-reactive ketones (excluding diaryl/α,β-unsaturated/α-hetero) is 1. The van der Waals surface area contributed by atoms with Crippen LogP contribution in [-0.4, -0.2) is 34.1 Å². The summed E-state index contributed by atoms with van der Waals surface area (Å²) in [6.07, 6.45) is -0.233. The van der Waals surface area contributed by atoms with E-state index in [0.29, 0.717) is 6.54 Å². The average Bonchev–Trinajstić information content (AvgIpc) is 2.56. The van der Waals surface area contributed by atoms with Gasteiger partial charge in [0.1, 0.15) is 6.61 Å². The molecule has 0 aromatic heterocycles. The Morgan fingerprint density at radius 1 is 1.08 bits per heavy atom. The number of thioether (sulfide) groups is 1. The average molecular weight is 365 g/mol. The summed E-state index contributed by atoms with van der Waals surface area (Å²) in [6.45, 7) is 5.41. The second kappa shape index (κ2) is 9.98. The lowest BCUT2D eigenvalue weighted by Crippen LogP contribution is -2.35. The van der Waals surface area contributed by atoms with Crippen LogP contribution in [0.25, 0.3) is 0 Å². The van der Waals surface area contributed by atoms with Crippen LogP contribution in [0.1, 0.15) is 39.2 Å². The molecule has 0 aliphatic carbocycles. The van der Waals surface area contributed by atoms with Gasteiger partial charge in [0.05, 0.1) is 0 Å². The van der Waals surface area contributed by atoms with Crippen molar-refractivity contribution < 1.29 is 23.9 Å². The molecule has 25 heavy (non-hydrogen) atoms. The molecule has 1 N–H and O–H groups in total. The lowest BCUT2D eigenvalue weighted by Gasteiger charge is -2.22. The van der Waals surface area contributed by atoms with E-state index in [9.17, 15) is 19.2 Å². The van der Waals surface area contributed by atoms with Gasteiger partial charge in [0, 0.05) is 31.1 Å². The number of esters is 1. The standard InChI is InChI=1S/C18H23NO5S/c1-13(20)19-12-18(2,3)25-16(22)10-9-15(21)17(23)24-11-14-7-5-4-6-8-14/h4-8H,9-12H2,1-3H3,(H,19,20). The van der Waals surface area contributed by atoms with E-state index in [1.807, 2.05) is 32.0 Å². The quantitative estimate of drug-likeness (QED) is 0.533. The van der Waals surface area contributed by atoms with Gasteiger partial charge in [-0.1, -0.05) is 42.1 Å². The predicted molar refractivity (Wildman–Crippen MR) is 95.8 cm³/mol. The molecule has 0 saturated heterocycles. The van der Waals surface area contributed by atoms with E-state index >= 15 is 0 Å². The van der Waals surface area contributed by atoms with Crippen molar-refractivity contribution in [1.29, 1.82) is 0 Å². The van der Waals surface area contributed by atoms with E-state index in [0.717, 1.165) is 17.3 Å². The number of hydrogen-bond acceptors (Lipinski definition) is 6. The molecule has 0 fully saturated rings. The van der Waals surface area contributed by atoms with Crippen LogP contribution in [0.5, 0.6) is 0 Å². The Hall–Kier alpha value is -2.15. The van der Waals surface area contributed by atoms with Crippen LogP contribution in [0.15, 0.2) is 30.3 Å². The highest BCUT2D eigenvalue weighted by atomic mass is 32.2. The Balaban J connectivity index is 2.33. The number of ether oxygens (including phenoxy) is 1. The lowest BCUT2D eigenvalue weighted by atomic mass is 10.2. The first-order valence-electron chi connectivity index (χ1n) is 7.90. The number of rotatable bonds is 9. The summed E-state index contributed by atoms with van der Waals surface area (Å²) < 4.78 is 4.45. The first-order chi connectivity index (χ1) is 11.7. The van der Waals surface area contributed by atoms with Gasteiger partial charge in [-0.25, -0.2) is 4.79 Å². The zero-order valence-electron chi connectivity index (χ0n) is 14.7. The zero-order chi connectivity index (χ0) is 18.9. The van der Waals surface area contributed by atoms with E-state index in [-0.39, 0.29) is 30.5 Å². The fourth-order valence-electron chi connectivity index (χ4n) is 1.85. The van der Waals surface area contributed by atoms with Crippen LogP contribution in [0.3, 0.4) is 0 Å². The molecule has 1 aromatic carbocycles. The Labute approximate surface area is 151 Å². The largest absolute Gasteiger partial charge is 0.455 e. The number of ketones is 1. The van der Waals surface area contributed by atoms with Crippen LogP contribution < -0.4 is 5.32 Å². The number of carbonyl (C=O) groups excluding carboxylic acids is 4. The molecule has 0 saturated carbocycles. The SMILES string of the molecule is CC(=O)NCC(C)(C)SC(=O)CCC(=O)C(=O)OCc1ccccc1. The van der Waals surface area contributed by atoms with Gasteiger partial charge in [-0.05, 0) is 19.4 Å². The van der Waals surface area contributed by atoms with Crippen LogP contribution in [0, 0.1) is 0 Å². The topological polar surface area (TPSA) is 89.5 Å². The minimum atomic E-state index is -0.931. The molecule has 0 bridgehead atoms. The highest BCUT2D eigenvalue weighted by Gasteiger charge is 2.24. The predicted octanol–water partition coefficient (Wildman–Crippen LogP) is 2.25. The normalized spacial score (nSPS) is 10.8. The smallest absolute Gasteiger partial charge is 0.374 e. The number of nitrogens with one attached hydrogen (secondary N) is 1. The Morgan fingerprint density at radius 2 is 1.72 bits per heavy atom. The maximum atomic E-state index is 12.0. The fraction of sp³-hybridized carbons (Fsp3) is 0.444. The molecule has 1 amide bonds. The molecule has 7 heteroatoms. The van der Waals surface area contributed by atoms with Crippen molar-refractivity contribution in [2.75, 3.05) is 6.54 Å². The first-order valence-corrected chi connectivity index (χ1v) is 8.71. The van der Waals surface area contributed by atoms with Gasteiger partial charge >= 0.3 is 5.97 Å². The molecule has 0 radical (unpaired) electrons. The summed E-state index contributed by atoms with van der Waals surface area (Å²) in [4.78, 5) is 46.3. The van der Waals surface area contributed by atoms with Crippen LogP contribution in [0.2, 0.25) is 0 Å². The third-order valence-corrected chi connectivity index (χ3v) is 4.28. The molecule has 0 heterocycles. The Kier molecular flexibility index (Phi) is 8.34. The van der Waals surface area contributed by atoms with Gasteiger partial charge in [0.25, 0.3) is 0 Å². The van der Waals surface area contributed by atoms with Crippen molar-refractivity contribution in [2.24, 2.45) is 0 Å². The highest BCUT2D eigenvalue weighted by molar-refractivity contribution is 8.14. The minimum absolute atomic E-state index is 0.0257. The van der Waals surface area contributed by atoms with E-state index < -0.39 is 16.5 Å². The van der Waals surface area contributed by atoms with E-state index in [1.54, 1.807) is 12.1 Å². The molecule has 6 nitrogen and oxygen atoms in total. The lowest BCUT2D eigenvalue weighted by molar-refractivity contribution is -0.155. The Morgan fingerprint density at radius 3 is 2.32 bits per heavy atom. The van der Waals surface area contributed by atoms with Crippen LogP contribution >= 0.6 is 11.8 Å². The molecular weight excluding hydrogens is 342 g/mol. The van der Waals surface area contributed by atoms with Crippen LogP contribution in [-0.2, 0) is 30.5 Å². The minimum Gasteiger partial charge on any atom is -0.455 e. The molecule has 1 rings (SSSR count). The summed E-state index contributed by atoms with van der Waals surface area (Å²) in [7, 11) is 0. The molecule has 0 spiro atoms. The molecule has 0 unspecified atom stereocenters. The van der Waals surface area contributed by atoms with Crippen LogP contribution in [0.4, 0.5) is 0 Å². The fourth-order valence-corrected chi connectivity index (χ4v) is 2.82. The van der Waals surface area contributed by atoms with Crippen molar-refractivity contribution in [3.8, 4) is 0 Å². The maximum Gasteiger partial charge on any atom is 0.374 e. The summed E-state index contributed by atoms with van der Waals surface area (Å²) in [6, 6.07) is 9.03.